The Labute approximate surface area is 244 Å². The number of benzene rings is 3. The fourth-order valence-electron chi connectivity index (χ4n) is 6.36. The summed E-state index contributed by atoms with van der Waals surface area (Å²) in [6.45, 7) is 1.07. The normalized spacial score (nSPS) is 19.8. The molecule has 3 aromatic rings. The van der Waals surface area contributed by atoms with Crippen LogP contribution < -0.4 is 9.47 Å². The average molecular weight is 577 g/mol. The molecule has 0 aromatic heterocycles. The van der Waals surface area contributed by atoms with Gasteiger partial charge >= 0.3 is 5.97 Å². The number of hydrogen-bond acceptors (Lipinski definition) is 5. The zero-order valence-electron chi connectivity index (χ0n) is 23.5. The van der Waals surface area contributed by atoms with Crippen LogP contribution >= 0.6 is 10.6 Å². The number of aryl methyl sites for hydroxylation is 2. The van der Waals surface area contributed by atoms with Gasteiger partial charge < -0.3 is 14.6 Å². The fourth-order valence-corrected chi connectivity index (χ4v) is 7.99. The molecule has 7 heteroatoms. The van der Waals surface area contributed by atoms with Gasteiger partial charge in [-0.15, -0.1) is 0 Å². The highest BCUT2D eigenvalue weighted by Gasteiger charge is 2.34. The summed E-state index contributed by atoms with van der Waals surface area (Å²) in [6.07, 6.45) is 7.10. The first kappa shape index (κ1) is 28.1. The topological polar surface area (TPSA) is 96.2 Å². The van der Waals surface area contributed by atoms with Crippen molar-refractivity contribution in [3.8, 4) is 22.6 Å². The quantitative estimate of drug-likeness (QED) is 0.227. The number of aliphatic carboxylic acids is 1. The number of hydrogen-bond donors (Lipinski definition) is 3. The van der Waals surface area contributed by atoms with Gasteiger partial charge in [0.25, 0.3) is 0 Å². The van der Waals surface area contributed by atoms with Gasteiger partial charge in [-0.25, -0.2) is 0 Å². The standard InChI is InChI=1S/C34H40O6S/c35-34(36)20-32(26-9-10-26)28-5-2-6-29(19-28)40-22-24-7-8-25-3-1-4-27-18-30(11-12-31(27)33(25)17-24)39-21-23-13-15-41(37,38)16-14-23/h2,5-8,11-12,17-19,23,26,32,37-38H,1,3-4,9-10,13-16,20-22H2,(H,35,36)/t32-/m1/s1. The smallest absolute Gasteiger partial charge is 0.303 e. The second-order valence-electron chi connectivity index (χ2n) is 12.0. The van der Waals surface area contributed by atoms with Crippen LogP contribution in [0.15, 0.2) is 60.7 Å². The summed E-state index contributed by atoms with van der Waals surface area (Å²) in [5, 5.41) is 9.39. The van der Waals surface area contributed by atoms with Crippen LogP contribution in [0, 0.1) is 11.8 Å². The SMILES string of the molecule is O=C(O)C[C@@H](c1cccc(OCc2ccc3c(c2)-c2ccc(OCC4CCS(O)(O)CC4)cc2CCC3)c1)C1CC1. The van der Waals surface area contributed by atoms with Gasteiger partial charge in [-0.3, -0.25) is 13.9 Å². The molecule has 1 saturated carbocycles. The van der Waals surface area contributed by atoms with Gasteiger partial charge in [-0.2, -0.15) is 10.6 Å². The van der Waals surface area contributed by atoms with Crippen molar-refractivity contribution in [3.05, 3.63) is 82.9 Å². The molecular weight excluding hydrogens is 536 g/mol. The predicted molar refractivity (Wildman–Crippen MR) is 163 cm³/mol. The van der Waals surface area contributed by atoms with Crippen LogP contribution in [0.5, 0.6) is 11.5 Å². The molecule has 2 fully saturated rings. The van der Waals surface area contributed by atoms with Gasteiger partial charge in [-0.05, 0) is 126 Å². The molecule has 1 atom stereocenters. The van der Waals surface area contributed by atoms with E-state index in [1.807, 2.05) is 24.3 Å². The molecule has 0 radical (unpaired) electrons. The van der Waals surface area contributed by atoms with E-state index < -0.39 is 16.6 Å². The summed E-state index contributed by atoms with van der Waals surface area (Å²) in [7, 11) is -2.36. The van der Waals surface area contributed by atoms with Crippen molar-refractivity contribution in [2.75, 3.05) is 18.1 Å². The van der Waals surface area contributed by atoms with E-state index in [1.54, 1.807) is 0 Å². The molecule has 218 valence electrons. The van der Waals surface area contributed by atoms with Crippen molar-refractivity contribution in [3.63, 3.8) is 0 Å². The van der Waals surface area contributed by atoms with Crippen LogP contribution in [0.1, 0.15) is 66.7 Å². The Morgan fingerprint density at radius 2 is 1.63 bits per heavy atom. The Balaban J connectivity index is 1.13. The van der Waals surface area contributed by atoms with E-state index in [4.69, 9.17) is 9.47 Å². The molecule has 0 unspecified atom stereocenters. The van der Waals surface area contributed by atoms with Crippen molar-refractivity contribution in [1.82, 2.24) is 0 Å². The molecule has 6 rings (SSSR count). The first-order chi connectivity index (χ1) is 19.8. The molecule has 41 heavy (non-hydrogen) atoms. The van der Waals surface area contributed by atoms with Gasteiger partial charge in [0, 0.05) is 11.5 Å². The molecule has 1 heterocycles. The molecule has 0 amide bonds. The summed E-state index contributed by atoms with van der Waals surface area (Å²) < 4.78 is 32.2. The van der Waals surface area contributed by atoms with E-state index >= 15 is 0 Å². The summed E-state index contributed by atoms with van der Waals surface area (Å²) in [6, 6.07) is 21.0. The molecule has 0 spiro atoms. The van der Waals surface area contributed by atoms with Crippen molar-refractivity contribution < 1.29 is 28.5 Å². The van der Waals surface area contributed by atoms with Gasteiger partial charge in [0.05, 0.1) is 13.0 Å². The van der Waals surface area contributed by atoms with E-state index in [0.29, 0.717) is 36.6 Å². The summed E-state index contributed by atoms with van der Waals surface area (Å²) in [5.41, 5.74) is 7.32. The third-order valence-electron chi connectivity index (χ3n) is 8.90. The van der Waals surface area contributed by atoms with E-state index in [1.165, 1.54) is 22.3 Å². The number of carbonyl (C=O) groups is 1. The van der Waals surface area contributed by atoms with Gasteiger partial charge in [-0.1, -0.05) is 30.3 Å². The molecule has 1 saturated heterocycles. The Kier molecular flexibility index (Phi) is 8.29. The zero-order chi connectivity index (χ0) is 28.4. The second kappa shape index (κ2) is 12.1. The molecule has 3 aliphatic rings. The van der Waals surface area contributed by atoms with Crippen LogP contribution in [-0.2, 0) is 24.2 Å². The number of carboxylic acids is 1. The molecular formula is C34H40O6S. The lowest BCUT2D eigenvalue weighted by Crippen LogP contribution is -2.24. The minimum Gasteiger partial charge on any atom is -0.493 e. The Morgan fingerprint density at radius 1 is 0.854 bits per heavy atom. The number of ether oxygens (including phenoxy) is 2. The van der Waals surface area contributed by atoms with E-state index in [9.17, 15) is 19.0 Å². The number of rotatable bonds is 10. The number of fused-ring (bicyclic) bond motifs is 3. The average Bonchev–Trinajstić information content (AvgIpc) is 3.81. The van der Waals surface area contributed by atoms with Crippen LogP contribution in [0.2, 0.25) is 0 Å². The third kappa shape index (κ3) is 7.08. The maximum Gasteiger partial charge on any atom is 0.303 e. The van der Waals surface area contributed by atoms with E-state index in [0.717, 1.165) is 67.6 Å². The maximum absolute atomic E-state index is 11.4. The summed E-state index contributed by atoms with van der Waals surface area (Å²) in [5.74, 6) is 2.79. The van der Waals surface area contributed by atoms with Gasteiger partial charge in [0.2, 0.25) is 0 Å². The van der Waals surface area contributed by atoms with Crippen molar-refractivity contribution in [2.24, 2.45) is 11.8 Å². The highest BCUT2D eigenvalue weighted by molar-refractivity contribution is 8.24. The van der Waals surface area contributed by atoms with Gasteiger partial charge in [0.1, 0.15) is 18.1 Å². The summed E-state index contributed by atoms with van der Waals surface area (Å²) in [4.78, 5) is 11.4. The second-order valence-corrected chi connectivity index (χ2v) is 14.5. The van der Waals surface area contributed by atoms with Crippen molar-refractivity contribution in [1.29, 1.82) is 0 Å². The fraction of sp³-hybridized carbons (Fsp3) is 0.441. The highest BCUT2D eigenvalue weighted by Crippen LogP contribution is 2.46. The van der Waals surface area contributed by atoms with Crippen LogP contribution in [0.25, 0.3) is 11.1 Å². The summed E-state index contributed by atoms with van der Waals surface area (Å²) >= 11 is 0. The molecule has 3 aromatic carbocycles. The monoisotopic (exact) mass is 576 g/mol. The molecule has 0 bridgehead atoms. The first-order valence-corrected chi connectivity index (χ1v) is 16.8. The van der Waals surface area contributed by atoms with Crippen molar-refractivity contribution >= 4 is 16.6 Å². The zero-order valence-corrected chi connectivity index (χ0v) is 24.3. The van der Waals surface area contributed by atoms with E-state index in [-0.39, 0.29) is 12.3 Å². The number of carboxylic acid groups (broad SMARTS) is 1. The molecule has 2 aliphatic carbocycles. The minimum absolute atomic E-state index is 0.0538. The third-order valence-corrected chi connectivity index (χ3v) is 10.7. The van der Waals surface area contributed by atoms with Crippen LogP contribution in [0.4, 0.5) is 0 Å². The largest absolute Gasteiger partial charge is 0.493 e. The lowest BCUT2D eigenvalue weighted by molar-refractivity contribution is -0.137. The lowest BCUT2D eigenvalue weighted by Gasteiger charge is -2.39. The van der Waals surface area contributed by atoms with E-state index in [2.05, 4.69) is 36.4 Å². The van der Waals surface area contributed by atoms with Crippen LogP contribution in [0.3, 0.4) is 0 Å². The maximum atomic E-state index is 11.4. The minimum atomic E-state index is -2.36. The predicted octanol–water partition coefficient (Wildman–Crippen LogP) is 7.93. The molecule has 3 N–H and O–H groups in total. The Hall–Kier alpha value is -3.00. The first-order valence-electron chi connectivity index (χ1n) is 14.9. The van der Waals surface area contributed by atoms with Crippen LogP contribution in [-0.4, -0.2) is 38.3 Å². The molecule has 1 aliphatic heterocycles. The Bertz CT molecular complexity index is 1390. The lowest BCUT2D eigenvalue weighted by atomic mass is 9.91. The van der Waals surface area contributed by atoms with Crippen molar-refractivity contribution in [2.45, 2.75) is 63.9 Å². The van der Waals surface area contributed by atoms with Gasteiger partial charge in [0.15, 0.2) is 0 Å². The highest BCUT2D eigenvalue weighted by atomic mass is 32.3. The Morgan fingerprint density at radius 3 is 2.41 bits per heavy atom. The molecule has 6 nitrogen and oxygen atoms in total.